The number of nitrogens with one attached hydrogen (secondary N) is 1. The molecule has 9 nitrogen and oxygen atoms in total. The van der Waals surface area contributed by atoms with E-state index in [-0.39, 0.29) is 35.5 Å². The van der Waals surface area contributed by atoms with E-state index in [1.807, 2.05) is 0 Å². The highest BCUT2D eigenvalue weighted by Gasteiger charge is 2.50. The van der Waals surface area contributed by atoms with E-state index in [2.05, 4.69) is 5.32 Å². The smallest absolute Gasteiger partial charge is 0.264 e. The summed E-state index contributed by atoms with van der Waals surface area (Å²) in [5.74, 6) is -0.677. The summed E-state index contributed by atoms with van der Waals surface area (Å²) in [5, 5.41) is 2.75. The van der Waals surface area contributed by atoms with Gasteiger partial charge in [0.15, 0.2) is 17.3 Å². The van der Waals surface area contributed by atoms with Gasteiger partial charge in [0.2, 0.25) is 5.91 Å². The minimum absolute atomic E-state index is 0.130. The zero-order chi connectivity index (χ0) is 25.6. The number of carbonyl (C=O) groups excluding carboxylic acids is 4. The number of hydrogen-bond donors (Lipinski definition) is 1. The Hall–Kier alpha value is -4.66. The summed E-state index contributed by atoms with van der Waals surface area (Å²) in [7, 11) is 2.93. The first-order valence-electron chi connectivity index (χ1n) is 11.2. The van der Waals surface area contributed by atoms with Gasteiger partial charge in [-0.05, 0) is 37.3 Å². The molecule has 182 valence electrons. The third-order valence-electron chi connectivity index (χ3n) is 6.35. The topological polar surface area (TPSA) is 105 Å². The number of Topliss-reactive ketones (excluding diaryl/α,β-unsaturated/α-hetero) is 1. The first-order valence-corrected chi connectivity index (χ1v) is 11.2. The maximum Gasteiger partial charge on any atom is 0.264 e. The van der Waals surface area contributed by atoms with Crippen molar-refractivity contribution in [2.24, 2.45) is 0 Å². The SMILES string of the molecule is COc1ccc2c(c1OC)C(=O)N1c3ccccc3C(=O)N(CC(=O)Nc3cccc(C(C)=O)c3)C21. The molecule has 3 aromatic carbocycles. The van der Waals surface area contributed by atoms with E-state index in [1.165, 1.54) is 30.9 Å². The lowest BCUT2D eigenvalue weighted by molar-refractivity contribution is -0.117. The molecule has 0 saturated heterocycles. The highest BCUT2D eigenvalue weighted by atomic mass is 16.5. The van der Waals surface area contributed by atoms with Gasteiger partial charge in [0, 0.05) is 16.8 Å². The second-order valence-electron chi connectivity index (χ2n) is 8.45. The predicted molar refractivity (Wildman–Crippen MR) is 132 cm³/mol. The average Bonchev–Trinajstić information content (AvgIpc) is 3.18. The lowest BCUT2D eigenvalue weighted by Gasteiger charge is -2.40. The summed E-state index contributed by atoms with van der Waals surface area (Å²) in [4.78, 5) is 54.9. The van der Waals surface area contributed by atoms with Gasteiger partial charge in [-0.2, -0.15) is 0 Å². The normalized spacial score (nSPS) is 15.7. The number of carbonyl (C=O) groups is 4. The summed E-state index contributed by atoms with van der Waals surface area (Å²) in [6.45, 7) is 1.12. The van der Waals surface area contributed by atoms with Gasteiger partial charge in [-0.15, -0.1) is 0 Å². The number of anilines is 2. The number of fused-ring (bicyclic) bond motifs is 5. The number of benzene rings is 3. The summed E-state index contributed by atoms with van der Waals surface area (Å²) in [6.07, 6.45) is -0.844. The van der Waals surface area contributed by atoms with Crippen molar-refractivity contribution < 1.29 is 28.7 Å². The molecule has 3 aromatic rings. The number of hydrogen-bond acceptors (Lipinski definition) is 6. The van der Waals surface area contributed by atoms with Crippen LogP contribution in [-0.4, -0.2) is 49.2 Å². The zero-order valence-corrected chi connectivity index (χ0v) is 19.9. The average molecular weight is 485 g/mol. The van der Waals surface area contributed by atoms with Crippen LogP contribution in [0.4, 0.5) is 11.4 Å². The van der Waals surface area contributed by atoms with Gasteiger partial charge in [0.1, 0.15) is 12.7 Å². The molecule has 0 fully saturated rings. The summed E-state index contributed by atoms with van der Waals surface area (Å²) in [5.41, 5.74) is 2.48. The zero-order valence-electron chi connectivity index (χ0n) is 19.9. The molecule has 0 saturated carbocycles. The van der Waals surface area contributed by atoms with E-state index in [0.717, 1.165) is 0 Å². The van der Waals surface area contributed by atoms with Crippen molar-refractivity contribution in [1.82, 2.24) is 4.90 Å². The molecule has 0 spiro atoms. The molecule has 2 heterocycles. The Morgan fingerprint density at radius 2 is 1.72 bits per heavy atom. The molecule has 0 aliphatic carbocycles. The number of rotatable bonds is 6. The second kappa shape index (κ2) is 8.84. The highest BCUT2D eigenvalue weighted by Crippen LogP contribution is 2.49. The van der Waals surface area contributed by atoms with Crippen molar-refractivity contribution in [1.29, 1.82) is 0 Å². The fourth-order valence-corrected chi connectivity index (χ4v) is 4.76. The Morgan fingerprint density at radius 1 is 0.944 bits per heavy atom. The number of nitrogens with zero attached hydrogens (tertiary/aromatic N) is 2. The monoisotopic (exact) mass is 485 g/mol. The fourth-order valence-electron chi connectivity index (χ4n) is 4.76. The van der Waals surface area contributed by atoms with E-state index < -0.39 is 12.1 Å². The van der Waals surface area contributed by atoms with Gasteiger partial charge < -0.3 is 19.7 Å². The summed E-state index contributed by atoms with van der Waals surface area (Å²) < 4.78 is 10.9. The van der Waals surface area contributed by atoms with Crippen molar-refractivity contribution in [3.8, 4) is 11.5 Å². The van der Waals surface area contributed by atoms with Crippen LogP contribution in [0.5, 0.6) is 11.5 Å². The van der Waals surface area contributed by atoms with Crippen LogP contribution in [0.2, 0.25) is 0 Å². The van der Waals surface area contributed by atoms with Crippen LogP contribution < -0.4 is 19.7 Å². The van der Waals surface area contributed by atoms with E-state index in [0.29, 0.717) is 33.8 Å². The highest BCUT2D eigenvalue weighted by molar-refractivity contribution is 6.18. The molecule has 2 aliphatic heterocycles. The van der Waals surface area contributed by atoms with Gasteiger partial charge in [0.25, 0.3) is 11.8 Å². The van der Waals surface area contributed by atoms with E-state index in [1.54, 1.807) is 60.7 Å². The van der Waals surface area contributed by atoms with Crippen molar-refractivity contribution in [3.05, 3.63) is 82.9 Å². The van der Waals surface area contributed by atoms with Crippen LogP contribution in [0.1, 0.15) is 49.7 Å². The quantitative estimate of drug-likeness (QED) is 0.535. The lowest BCUT2D eigenvalue weighted by atomic mass is 10.0. The minimum atomic E-state index is -0.844. The van der Waals surface area contributed by atoms with Crippen LogP contribution in [0, 0.1) is 0 Å². The van der Waals surface area contributed by atoms with E-state index in [9.17, 15) is 19.2 Å². The first-order chi connectivity index (χ1) is 17.3. The van der Waals surface area contributed by atoms with Crippen LogP contribution in [-0.2, 0) is 4.79 Å². The molecular weight excluding hydrogens is 462 g/mol. The Bertz CT molecular complexity index is 1430. The Morgan fingerprint density at radius 3 is 2.44 bits per heavy atom. The minimum Gasteiger partial charge on any atom is -0.493 e. The molecule has 5 rings (SSSR count). The van der Waals surface area contributed by atoms with E-state index in [4.69, 9.17) is 9.47 Å². The number of methoxy groups -OCH3 is 2. The molecule has 1 atom stereocenters. The van der Waals surface area contributed by atoms with Gasteiger partial charge in [-0.25, -0.2) is 0 Å². The molecule has 2 aliphatic rings. The molecule has 36 heavy (non-hydrogen) atoms. The largest absolute Gasteiger partial charge is 0.493 e. The molecule has 0 aromatic heterocycles. The number of ether oxygens (including phenoxy) is 2. The van der Waals surface area contributed by atoms with Crippen molar-refractivity contribution in [2.75, 3.05) is 31.0 Å². The fraction of sp³-hybridized carbons (Fsp3) is 0.185. The Labute approximate surface area is 207 Å². The summed E-state index contributed by atoms with van der Waals surface area (Å²) in [6, 6.07) is 16.7. The number of amides is 3. The van der Waals surface area contributed by atoms with Crippen LogP contribution in [0.25, 0.3) is 0 Å². The Kier molecular flexibility index (Phi) is 5.68. The number of para-hydroxylation sites is 1. The maximum atomic E-state index is 13.7. The molecule has 9 heteroatoms. The molecule has 0 bridgehead atoms. The van der Waals surface area contributed by atoms with Crippen LogP contribution in [0.15, 0.2) is 60.7 Å². The summed E-state index contributed by atoms with van der Waals surface area (Å²) >= 11 is 0. The van der Waals surface area contributed by atoms with Gasteiger partial charge in [0.05, 0.1) is 31.0 Å². The molecule has 3 amide bonds. The molecule has 1 N–H and O–H groups in total. The molecule has 1 unspecified atom stereocenters. The second-order valence-corrected chi connectivity index (χ2v) is 8.45. The molecule has 0 radical (unpaired) electrons. The van der Waals surface area contributed by atoms with Crippen LogP contribution >= 0.6 is 0 Å². The third-order valence-corrected chi connectivity index (χ3v) is 6.35. The van der Waals surface area contributed by atoms with Crippen molar-refractivity contribution >= 4 is 34.9 Å². The van der Waals surface area contributed by atoms with Gasteiger partial charge in [-0.3, -0.25) is 24.1 Å². The van der Waals surface area contributed by atoms with Gasteiger partial charge >= 0.3 is 0 Å². The van der Waals surface area contributed by atoms with Crippen molar-refractivity contribution in [2.45, 2.75) is 13.1 Å². The lowest BCUT2D eigenvalue weighted by Crippen LogP contribution is -2.50. The Balaban J connectivity index is 1.56. The maximum absolute atomic E-state index is 13.7. The van der Waals surface area contributed by atoms with E-state index >= 15 is 0 Å². The standard InChI is InChI=1S/C27H23N3O6/c1-15(31)16-7-6-8-17(13-16)28-22(32)14-29-25-19-11-12-21(35-2)24(36-3)23(19)27(34)30(25)20-10-5-4-9-18(20)26(29)33/h4-13,25H,14H2,1-3H3,(H,28,32). The third kappa shape index (κ3) is 3.56. The first kappa shape index (κ1) is 23.1. The number of ketones is 1. The van der Waals surface area contributed by atoms with Crippen molar-refractivity contribution in [3.63, 3.8) is 0 Å². The van der Waals surface area contributed by atoms with Crippen LogP contribution in [0.3, 0.4) is 0 Å². The van der Waals surface area contributed by atoms with Gasteiger partial charge in [-0.1, -0.05) is 30.3 Å². The molecular formula is C27H23N3O6. The predicted octanol–water partition coefficient (Wildman–Crippen LogP) is 3.66.